The van der Waals surface area contributed by atoms with Crippen molar-refractivity contribution < 1.29 is 4.79 Å². The van der Waals surface area contributed by atoms with E-state index in [1.54, 1.807) is 0 Å². The third-order valence-corrected chi connectivity index (χ3v) is 4.04. The molecule has 0 unspecified atom stereocenters. The first-order chi connectivity index (χ1) is 9.25. The molecule has 0 saturated carbocycles. The zero-order valence-corrected chi connectivity index (χ0v) is 13.1. The zero-order chi connectivity index (χ0) is 15.0. The standard InChI is InChI=1S/C17H26N2O/c1-5-10-17(18)11-19(12-17)15(20)13-6-8-14(9-7-13)16(2,3)4/h6-9H,5,10-12,18H2,1-4H3. The lowest BCUT2D eigenvalue weighted by Gasteiger charge is -2.47. The van der Waals surface area contributed by atoms with E-state index in [9.17, 15) is 4.79 Å². The monoisotopic (exact) mass is 274 g/mol. The van der Waals surface area contributed by atoms with E-state index < -0.39 is 0 Å². The molecule has 0 aliphatic carbocycles. The molecule has 2 N–H and O–H groups in total. The highest BCUT2D eigenvalue weighted by atomic mass is 16.2. The molecule has 1 aromatic rings. The number of rotatable bonds is 3. The Hall–Kier alpha value is -1.35. The van der Waals surface area contributed by atoms with Crippen molar-refractivity contribution >= 4 is 5.91 Å². The molecule has 1 saturated heterocycles. The van der Waals surface area contributed by atoms with Crippen LogP contribution in [-0.4, -0.2) is 29.4 Å². The normalized spacial score (nSPS) is 17.8. The average molecular weight is 274 g/mol. The lowest BCUT2D eigenvalue weighted by Crippen LogP contribution is -2.68. The van der Waals surface area contributed by atoms with Crippen molar-refractivity contribution in [3.8, 4) is 0 Å². The lowest BCUT2D eigenvalue weighted by molar-refractivity contribution is 0.0386. The highest BCUT2D eigenvalue weighted by Crippen LogP contribution is 2.26. The molecule has 1 heterocycles. The van der Waals surface area contributed by atoms with Gasteiger partial charge in [0.2, 0.25) is 0 Å². The molecule has 0 aromatic heterocycles. The number of nitrogens with zero attached hydrogens (tertiary/aromatic N) is 1. The van der Waals surface area contributed by atoms with E-state index in [1.165, 1.54) is 5.56 Å². The minimum absolute atomic E-state index is 0.0997. The molecule has 3 nitrogen and oxygen atoms in total. The summed E-state index contributed by atoms with van der Waals surface area (Å²) < 4.78 is 0. The second-order valence-electron chi connectivity index (χ2n) is 7.10. The van der Waals surface area contributed by atoms with Crippen LogP contribution >= 0.6 is 0 Å². The van der Waals surface area contributed by atoms with E-state index in [1.807, 2.05) is 17.0 Å². The number of likely N-dealkylation sites (tertiary alicyclic amines) is 1. The molecule has 0 radical (unpaired) electrons. The summed E-state index contributed by atoms with van der Waals surface area (Å²) in [6.45, 7) is 10.0. The fourth-order valence-electron chi connectivity index (χ4n) is 2.81. The van der Waals surface area contributed by atoms with E-state index in [0.29, 0.717) is 13.1 Å². The molecule has 20 heavy (non-hydrogen) atoms. The number of nitrogens with two attached hydrogens (primary N) is 1. The van der Waals surface area contributed by atoms with Crippen LogP contribution in [0.15, 0.2) is 24.3 Å². The molecular formula is C17H26N2O. The van der Waals surface area contributed by atoms with Gasteiger partial charge in [-0.1, -0.05) is 46.2 Å². The van der Waals surface area contributed by atoms with Crippen LogP contribution < -0.4 is 5.73 Å². The van der Waals surface area contributed by atoms with Gasteiger partial charge in [-0.3, -0.25) is 4.79 Å². The number of carbonyl (C=O) groups excluding carboxylic acids is 1. The summed E-state index contributed by atoms with van der Waals surface area (Å²) in [6, 6.07) is 7.96. The van der Waals surface area contributed by atoms with Crippen LogP contribution in [0.3, 0.4) is 0 Å². The Bertz CT molecular complexity index is 479. The van der Waals surface area contributed by atoms with Crippen LogP contribution in [0, 0.1) is 0 Å². The van der Waals surface area contributed by atoms with Gasteiger partial charge in [0.15, 0.2) is 0 Å². The van der Waals surface area contributed by atoms with Crippen molar-refractivity contribution in [1.29, 1.82) is 0 Å². The Balaban J connectivity index is 2.01. The van der Waals surface area contributed by atoms with Gasteiger partial charge in [-0.15, -0.1) is 0 Å². The molecule has 2 rings (SSSR count). The van der Waals surface area contributed by atoms with E-state index in [0.717, 1.165) is 18.4 Å². The maximum Gasteiger partial charge on any atom is 0.253 e. The molecule has 1 aliphatic rings. The lowest BCUT2D eigenvalue weighted by atomic mass is 9.85. The van der Waals surface area contributed by atoms with Crippen molar-refractivity contribution in [2.75, 3.05) is 13.1 Å². The number of hydrogen-bond acceptors (Lipinski definition) is 2. The Kier molecular flexibility index (Phi) is 3.92. The van der Waals surface area contributed by atoms with Gasteiger partial charge >= 0.3 is 0 Å². The number of hydrogen-bond donors (Lipinski definition) is 1. The first kappa shape index (κ1) is 15.0. The van der Waals surface area contributed by atoms with Crippen LogP contribution in [0.25, 0.3) is 0 Å². The van der Waals surface area contributed by atoms with Gasteiger partial charge < -0.3 is 10.6 Å². The smallest absolute Gasteiger partial charge is 0.253 e. The van der Waals surface area contributed by atoms with E-state index >= 15 is 0 Å². The number of carbonyl (C=O) groups is 1. The van der Waals surface area contributed by atoms with E-state index in [2.05, 4.69) is 39.8 Å². The highest BCUT2D eigenvalue weighted by Gasteiger charge is 2.41. The second kappa shape index (κ2) is 5.21. The summed E-state index contributed by atoms with van der Waals surface area (Å²) in [5, 5.41) is 0. The molecule has 0 atom stereocenters. The quantitative estimate of drug-likeness (QED) is 0.921. The van der Waals surface area contributed by atoms with E-state index in [-0.39, 0.29) is 16.9 Å². The number of amides is 1. The van der Waals surface area contributed by atoms with Gasteiger partial charge in [0, 0.05) is 18.7 Å². The molecule has 0 bridgehead atoms. The van der Waals surface area contributed by atoms with Gasteiger partial charge in [0.1, 0.15) is 0 Å². The summed E-state index contributed by atoms with van der Waals surface area (Å²) in [4.78, 5) is 14.2. The van der Waals surface area contributed by atoms with Gasteiger partial charge in [0.25, 0.3) is 5.91 Å². The molecule has 1 fully saturated rings. The molecule has 0 spiro atoms. The summed E-state index contributed by atoms with van der Waals surface area (Å²) >= 11 is 0. The van der Waals surface area contributed by atoms with Crippen LogP contribution in [0.2, 0.25) is 0 Å². The fraction of sp³-hybridized carbons (Fsp3) is 0.588. The average Bonchev–Trinajstić information content (AvgIpc) is 2.34. The van der Waals surface area contributed by atoms with Gasteiger partial charge in [-0.2, -0.15) is 0 Å². The minimum atomic E-state index is -0.157. The maximum atomic E-state index is 12.4. The predicted molar refractivity (Wildman–Crippen MR) is 82.9 cm³/mol. The second-order valence-corrected chi connectivity index (χ2v) is 7.10. The van der Waals surface area contributed by atoms with Crippen molar-refractivity contribution in [2.24, 2.45) is 5.73 Å². The largest absolute Gasteiger partial charge is 0.335 e. The SMILES string of the molecule is CCCC1(N)CN(C(=O)c2ccc(C(C)(C)C)cc2)C1. The summed E-state index contributed by atoms with van der Waals surface area (Å²) in [5.74, 6) is 0.0997. The van der Waals surface area contributed by atoms with Gasteiger partial charge in [-0.25, -0.2) is 0 Å². The Morgan fingerprint density at radius 1 is 1.25 bits per heavy atom. The van der Waals surface area contributed by atoms with E-state index in [4.69, 9.17) is 5.73 Å². The fourth-order valence-corrected chi connectivity index (χ4v) is 2.81. The number of benzene rings is 1. The van der Waals surface area contributed by atoms with Crippen molar-refractivity contribution in [1.82, 2.24) is 4.90 Å². The van der Waals surface area contributed by atoms with Crippen molar-refractivity contribution in [3.63, 3.8) is 0 Å². The highest BCUT2D eigenvalue weighted by molar-refractivity contribution is 5.95. The predicted octanol–water partition coefficient (Wildman–Crippen LogP) is 2.94. The molecule has 1 aromatic carbocycles. The first-order valence-electron chi connectivity index (χ1n) is 7.44. The topological polar surface area (TPSA) is 46.3 Å². The third kappa shape index (κ3) is 3.04. The van der Waals surface area contributed by atoms with Crippen LogP contribution in [0.5, 0.6) is 0 Å². The molecule has 1 aliphatic heterocycles. The summed E-state index contributed by atoms with van der Waals surface area (Å²) in [5.41, 5.74) is 8.17. The molecule has 1 amide bonds. The molecule has 110 valence electrons. The Morgan fingerprint density at radius 3 is 2.25 bits per heavy atom. The van der Waals surface area contributed by atoms with Crippen LogP contribution in [-0.2, 0) is 5.41 Å². The van der Waals surface area contributed by atoms with Gasteiger partial charge in [0.05, 0.1) is 5.54 Å². The zero-order valence-electron chi connectivity index (χ0n) is 13.1. The first-order valence-corrected chi connectivity index (χ1v) is 7.44. The summed E-state index contributed by atoms with van der Waals surface area (Å²) in [7, 11) is 0. The summed E-state index contributed by atoms with van der Waals surface area (Å²) in [6.07, 6.45) is 2.05. The van der Waals surface area contributed by atoms with Crippen molar-refractivity contribution in [3.05, 3.63) is 35.4 Å². The van der Waals surface area contributed by atoms with Gasteiger partial charge in [-0.05, 0) is 29.5 Å². The Labute approximate surface area is 122 Å². The molecule has 3 heteroatoms. The van der Waals surface area contributed by atoms with Crippen molar-refractivity contribution in [2.45, 2.75) is 51.5 Å². The Morgan fingerprint density at radius 2 is 1.80 bits per heavy atom. The maximum absolute atomic E-state index is 12.4. The third-order valence-electron chi connectivity index (χ3n) is 4.04. The molecular weight excluding hydrogens is 248 g/mol. The minimum Gasteiger partial charge on any atom is -0.335 e. The van der Waals surface area contributed by atoms with Crippen LogP contribution in [0.4, 0.5) is 0 Å². The van der Waals surface area contributed by atoms with Crippen LogP contribution in [0.1, 0.15) is 56.5 Å².